The van der Waals surface area contributed by atoms with Gasteiger partial charge in [0.05, 0.1) is 26.5 Å². The molecule has 2 aromatic rings. The van der Waals surface area contributed by atoms with Crippen LogP contribution in [0.15, 0.2) is 24.4 Å². The Morgan fingerprint density at radius 3 is 2.84 bits per heavy atom. The van der Waals surface area contributed by atoms with Gasteiger partial charge in [-0.15, -0.1) is 5.10 Å². The Morgan fingerprint density at radius 2 is 2.12 bits per heavy atom. The van der Waals surface area contributed by atoms with E-state index in [2.05, 4.69) is 20.9 Å². The van der Waals surface area contributed by atoms with Crippen LogP contribution < -0.4 is 20.1 Å². The van der Waals surface area contributed by atoms with Gasteiger partial charge in [-0.3, -0.25) is 4.79 Å². The number of carbonyl (C=O) groups is 1. The Labute approximate surface area is 146 Å². The molecule has 1 aromatic carbocycles. The normalized spacial score (nSPS) is 15.0. The first kappa shape index (κ1) is 17.2. The van der Waals surface area contributed by atoms with Gasteiger partial charge in [0.25, 0.3) is 5.91 Å². The quantitative estimate of drug-likeness (QED) is 0.816. The van der Waals surface area contributed by atoms with E-state index in [1.54, 1.807) is 25.1 Å². The minimum Gasteiger partial charge on any atom is -0.497 e. The van der Waals surface area contributed by atoms with E-state index in [0.717, 1.165) is 31.5 Å². The van der Waals surface area contributed by atoms with Crippen LogP contribution in [0.25, 0.3) is 0 Å². The second-order valence-electron chi connectivity index (χ2n) is 5.93. The second-order valence-corrected chi connectivity index (χ2v) is 5.93. The number of nitrogens with zero attached hydrogens (tertiary/aromatic N) is 3. The van der Waals surface area contributed by atoms with Gasteiger partial charge in [-0.05, 0) is 44.1 Å². The van der Waals surface area contributed by atoms with E-state index >= 15 is 0 Å². The third-order valence-electron chi connectivity index (χ3n) is 4.35. The lowest BCUT2D eigenvalue weighted by Crippen LogP contribution is -2.29. The zero-order valence-electron chi connectivity index (χ0n) is 14.5. The number of methoxy groups -OCH3 is 2. The monoisotopic (exact) mass is 345 g/mol. The maximum atomic E-state index is 12.4. The van der Waals surface area contributed by atoms with Crippen LogP contribution in [0.2, 0.25) is 0 Å². The molecule has 1 aliphatic rings. The summed E-state index contributed by atoms with van der Waals surface area (Å²) in [5, 5.41) is 14.3. The van der Waals surface area contributed by atoms with E-state index < -0.39 is 0 Å². The summed E-state index contributed by atoms with van der Waals surface area (Å²) >= 11 is 0. The number of piperidine rings is 1. The summed E-state index contributed by atoms with van der Waals surface area (Å²) < 4.78 is 12.3. The molecule has 1 fully saturated rings. The Kier molecular flexibility index (Phi) is 5.49. The fraction of sp³-hybridized carbons (Fsp3) is 0.471. The molecule has 0 aliphatic carbocycles. The lowest BCUT2D eigenvalue weighted by Gasteiger charge is -2.22. The van der Waals surface area contributed by atoms with Crippen molar-refractivity contribution in [2.75, 3.05) is 27.3 Å². The van der Waals surface area contributed by atoms with Gasteiger partial charge < -0.3 is 20.1 Å². The number of rotatable bonds is 6. The number of ether oxygens (including phenoxy) is 2. The van der Waals surface area contributed by atoms with Crippen molar-refractivity contribution in [3.63, 3.8) is 0 Å². The number of benzene rings is 1. The summed E-state index contributed by atoms with van der Waals surface area (Å²) in [5.74, 6) is 1.14. The molecule has 0 bridgehead atoms. The van der Waals surface area contributed by atoms with Crippen molar-refractivity contribution in [2.45, 2.75) is 25.4 Å². The molecule has 0 unspecified atom stereocenters. The highest BCUT2D eigenvalue weighted by atomic mass is 16.5. The molecule has 0 atom stereocenters. The van der Waals surface area contributed by atoms with E-state index in [0.29, 0.717) is 29.8 Å². The SMILES string of the molecule is COc1ccc(OC)c(CNC(=O)c2cn(C3CCNCC3)nn2)c1. The fourth-order valence-corrected chi connectivity index (χ4v) is 2.92. The van der Waals surface area contributed by atoms with Crippen molar-refractivity contribution in [2.24, 2.45) is 0 Å². The van der Waals surface area contributed by atoms with Gasteiger partial charge in [0.2, 0.25) is 0 Å². The minimum absolute atomic E-state index is 0.259. The average Bonchev–Trinajstić information content (AvgIpc) is 3.17. The van der Waals surface area contributed by atoms with Crippen molar-refractivity contribution in [1.82, 2.24) is 25.6 Å². The molecule has 2 heterocycles. The topological polar surface area (TPSA) is 90.3 Å². The minimum atomic E-state index is -0.259. The molecule has 134 valence electrons. The zero-order valence-corrected chi connectivity index (χ0v) is 14.5. The average molecular weight is 345 g/mol. The first-order valence-electron chi connectivity index (χ1n) is 8.33. The molecule has 1 saturated heterocycles. The van der Waals surface area contributed by atoms with Crippen LogP contribution >= 0.6 is 0 Å². The zero-order chi connectivity index (χ0) is 17.6. The first-order valence-corrected chi connectivity index (χ1v) is 8.33. The van der Waals surface area contributed by atoms with E-state index in [1.165, 1.54) is 0 Å². The molecule has 1 aromatic heterocycles. The summed E-state index contributed by atoms with van der Waals surface area (Å²) in [6, 6.07) is 5.77. The molecular formula is C17H23N5O3. The number of aromatic nitrogens is 3. The summed E-state index contributed by atoms with van der Waals surface area (Å²) in [5.41, 5.74) is 1.15. The van der Waals surface area contributed by atoms with E-state index in [1.807, 2.05) is 18.2 Å². The summed E-state index contributed by atoms with van der Waals surface area (Å²) in [6.45, 7) is 2.24. The van der Waals surface area contributed by atoms with E-state index in [4.69, 9.17) is 9.47 Å². The maximum absolute atomic E-state index is 12.4. The number of amides is 1. The maximum Gasteiger partial charge on any atom is 0.273 e. The smallest absolute Gasteiger partial charge is 0.273 e. The Balaban J connectivity index is 1.64. The molecule has 25 heavy (non-hydrogen) atoms. The molecule has 2 N–H and O–H groups in total. The molecule has 1 amide bonds. The van der Waals surface area contributed by atoms with Crippen LogP contribution in [-0.4, -0.2) is 48.2 Å². The molecule has 0 radical (unpaired) electrons. The lowest BCUT2D eigenvalue weighted by atomic mass is 10.1. The van der Waals surface area contributed by atoms with E-state index in [9.17, 15) is 4.79 Å². The summed E-state index contributed by atoms with van der Waals surface area (Å²) in [6.07, 6.45) is 3.70. The van der Waals surface area contributed by atoms with Crippen molar-refractivity contribution in [1.29, 1.82) is 0 Å². The fourth-order valence-electron chi connectivity index (χ4n) is 2.92. The van der Waals surface area contributed by atoms with Crippen LogP contribution in [0.4, 0.5) is 0 Å². The standard InChI is InChI=1S/C17H23N5O3/c1-24-14-3-4-16(25-2)12(9-14)10-19-17(23)15-11-22(21-20-15)13-5-7-18-8-6-13/h3-4,9,11,13,18H,5-8,10H2,1-2H3,(H,19,23). The predicted molar refractivity (Wildman–Crippen MR) is 91.9 cm³/mol. The van der Waals surface area contributed by atoms with Crippen LogP contribution in [0, 0.1) is 0 Å². The van der Waals surface area contributed by atoms with Crippen molar-refractivity contribution in [3.8, 4) is 11.5 Å². The molecular weight excluding hydrogens is 322 g/mol. The van der Waals surface area contributed by atoms with Crippen LogP contribution in [0.3, 0.4) is 0 Å². The van der Waals surface area contributed by atoms with Gasteiger partial charge in [-0.2, -0.15) is 0 Å². The van der Waals surface area contributed by atoms with Crippen molar-refractivity contribution < 1.29 is 14.3 Å². The highest BCUT2D eigenvalue weighted by molar-refractivity contribution is 5.91. The van der Waals surface area contributed by atoms with Crippen LogP contribution in [-0.2, 0) is 6.54 Å². The lowest BCUT2D eigenvalue weighted by molar-refractivity contribution is 0.0945. The highest BCUT2D eigenvalue weighted by Crippen LogP contribution is 2.24. The number of carbonyl (C=O) groups excluding carboxylic acids is 1. The van der Waals surface area contributed by atoms with Crippen molar-refractivity contribution >= 4 is 5.91 Å². The molecule has 0 saturated carbocycles. The van der Waals surface area contributed by atoms with Gasteiger partial charge in [0.1, 0.15) is 11.5 Å². The molecule has 1 aliphatic heterocycles. The predicted octanol–water partition coefficient (Wildman–Crippen LogP) is 1.15. The van der Waals surface area contributed by atoms with Gasteiger partial charge in [-0.25, -0.2) is 4.68 Å². The molecule has 8 nitrogen and oxygen atoms in total. The Bertz CT molecular complexity index is 725. The molecule has 8 heteroatoms. The number of nitrogens with one attached hydrogen (secondary N) is 2. The molecule has 0 spiro atoms. The van der Waals surface area contributed by atoms with Crippen molar-refractivity contribution in [3.05, 3.63) is 35.7 Å². The first-order chi connectivity index (χ1) is 12.2. The highest BCUT2D eigenvalue weighted by Gasteiger charge is 2.19. The third kappa shape index (κ3) is 4.08. The van der Waals surface area contributed by atoms with Crippen LogP contribution in [0.1, 0.15) is 34.9 Å². The van der Waals surface area contributed by atoms with Gasteiger partial charge in [0.15, 0.2) is 5.69 Å². The Hall–Kier alpha value is -2.61. The molecule has 3 rings (SSSR count). The number of hydrogen-bond acceptors (Lipinski definition) is 6. The summed E-state index contributed by atoms with van der Waals surface area (Å²) in [7, 11) is 3.20. The summed E-state index contributed by atoms with van der Waals surface area (Å²) in [4.78, 5) is 12.4. The van der Waals surface area contributed by atoms with E-state index in [-0.39, 0.29) is 5.91 Å². The largest absolute Gasteiger partial charge is 0.497 e. The number of hydrogen-bond donors (Lipinski definition) is 2. The Morgan fingerprint density at radius 1 is 1.32 bits per heavy atom. The van der Waals surface area contributed by atoms with Gasteiger partial charge in [-0.1, -0.05) is 5.21 Å². The van der Waals surface area contributed by atoms with Gasteiger partial charge in [0, 0.05) is 12.1 Å². The third-order valence-corrected chi connectivity index (χ3v) is 4.35. The van der Waals surface area contributed by atoms with Gasteiger partial charge >= 0.3 is 0 Å². The second kappa shape index (κ2) is 7.98. The van der Waals surface area contributed by atoms with Crippen LogP contribution in [0.5, 0.6) is 11.5 Å².